The van der Waals surface area contributed by atoms with Gasteiger partial charge < -0.3 is 5.32 Å². The highest BCUT2D eigenvalue weighted by Gasteiger charge is 2.33. The maximum absolute atomic E-state index is 13.2. The number of anilines is 1. The van der Waals surface area contributed by atoms with Gasteiger partial charge in [-0.05, 0) is 17.7 Å². The van der Waals surface area contributed by atoms with Crippen LogP contribution in [0.15, 0.2) is 47.4 Å². The largest absolute Gasteiger partial charge is 0.418 e. The van der Waals surface area contributed by atoms with Crippen LogP contribution in [0.25, 0.3) is 21.5 Å². The molecule has 148 valence electrons. The standard InChI is InChI=1S/C19H11ClF3N3OS2/c20-13-9-29-18(15(13)17-25-6-7-28-17)26-14(27)8-10-3-4-12(19(21,22)23)16-11(10)2-1-5-24-16/h1-7,9H,8H2,(H,26,27). The van der Waals surface area contributed by atoms with Crippen LogP contribution in [-0.4, -0.2) is 15.9 Å². The van der Waals surface area contributed by atoms with Gasteiger partial charge in [-0.3, -0.25) is 9.78 Å². The molecule has 4 rings (SSSR count). The second-order valence-electron chi connectivity index (χ2n) is 6.02. The zero-order valence-electron chi connectivity index (χ0n) is 14.5. The summed E-state index contributed by atoms with van der Waals surface area (Å²) in [5.74, 6) is -0.369. The van der Waals surface area contributed by atoms with E-state index in [-0.39, 0.29) is 17.8 Å². The number of thiophene rings is 1. The molecule has 0 bridgehead atoms. The van der Waals surface area contributed by atoms with Crippen molar-refractivity contribution >= 4 is 56.1 Å². The zero-order chi connectivity index (χ0) is 20.6. The van der Waals surface area contributed by atoms with Crippen LogP contribution in [-0.2, 0) is 17.4 Å². The molecule has 3 aromatic heterocycles. The Bertz CT molecular complexity index is 1190. The molecule has 0 saturated heterocycles. The minimum absolute atomic E-state index is 0.104. The maximum Gasteiger partial charge on any atom is 0.418 e. The van der Waals surface area contributed by atoms with E-state index in [1.165, 1.54) is 41.0 Å². The highest BCUT2D eigenvalue weighted by Crippen LogP contribution is 2.41. The van der Waals surface area contributed by atoms with Gasteiger partial charge in [0.15, 0.2) is 0 Å². The molecule has 0 spiro atoms. The van der Waals surface area contributed by atoms with Gasteiger partial charge in [-0.1, -0.05) is 23.7 Å². The average molecular weight is 454 g/mol. The second-order valence-corrected chi connectivity index (χ2v) is 8.20. The monoisotopic (exact) mass is 453 g/mol. The molecule has 0 aliphatic carbocycles. The fraction of sp³-hybridized carbons (Fsp3) is 0.105. The first-order valence-electron chi connectivity index (χ1n) is 8.25. The van der Waals surface area contributed by atoms with Gasteiger partial charge in [-0.2, -0.15) is 13.2 Å². The van der Waals surface area contributed by atoms with E-state index in [1.807, 2.05) is 0 Å². The number of pyridine rings is 1. The van der Waals surface area contributed by atoms with E-state index in [0.29, 0.717) is 31.5 Å². The Morgan fingerprint density at radius 3 is 2.69 bits per heavy atom. The van der Waals surface area contributed by atoms with Crippen LogP contribution in [0.5, 0.6) is 0 Å². The van der Waals surface area contributed by atoms with Crippen LogP contribution in [0.4, 0.5) is 18.2 Å². The van der Waals surface area contributed by atoms with Crippen molar-refractivity contribution in [3.63, 3.8) is 0 Å². The Balaban J connectivity index is 1.63. The third-order valence-electron chi connectivity index (χ3n) is 4.16. The van der Waals surface area contributed by atoms with Crippen molar-refractivity contribution in [2.24, 2.45) is 0 Å². The van der Waals surface area contributed by atoms with Gasteiger partial charge in [0.25, 0.3) is 0 Å². The molecule has 0 fully saturated rings. The predicted octanol–water partition coefficient (Wildman–Crippen LogP) is 6.27. The number of halogens is 4. The van der Waals surface area contributed by atoms with Gasteiger partial charge >= 0.3 is 6.18 Å². The van der Waals surface area contributed by atoms with E-state index in [9.17, 15) is 18.0 Å². The van der Waals surface area contributed by atoms with Crippen LogP contribution >= 0.6 is 34.3 Å². The smallest absolute Gasteiger partial charge is 0.317 e. The summed E-state index contributed by atoms with van der Waals surface area (Å²) < 4.78 is 39.7. The number of nitrogens with one attached hydrogen (secondary N) is 1. The third-order valence-corrected chi connectivity index (χ3v) is 6.28. The number of carbonyl (C=O) groups excluding carboxylic acids is 1. The summed E-state index contributed by atoms with van der Waals surface area (Å²) in [6.45, 7) is 0. The molecular weight excluding hydrogens is 443 g/mol. The lowest BCUT2D eigenvalue weighted by Gasteiger charge is -2.13. The highest BCUT2D eigenvalue weighted by molar-refractivity contribution is 7.17. The SMILES string of the molecule is O=C(Cc1ccc(C(F)(F)F)c2ncccc12)Nc1scc(Cl)c1-c1nccs1. The van der Waals surface area contributed by atoms with Crippen LogP contribution in [0, 0.1) is 0 Å². The van der Waals surface area contributed by atoms with Gasteiger partial charge in [0, 0.05) is 28.5 Å². The number of benzene rings is 1. The maximum atomic E-state index is 13.2. The Morgan fingerprint density at radius 2 is 1.97 bits per heavy atom. The predicted molar refractivity (Wildman–Crippen MR) is 110 cm³/mol. The fourth-order valence-electron chi connectivity index (χ4n) is 2.93. The van der Waals surface area contributed by atoms with Crippen LogP contribution < -0.4 is 5.32 Å². The molecule has 0 radical (unpaired) electrons. The number of aromatic nitrogens is 2. The molecule has 10 heteroatoms. The van der Waals surface area contributed by atoms with Crippen molar-refractivity contribution in [3.8, 4) is 10.6 Å². The van der Waals surface area contributed by atoms with Crippen molar-refractivity contribution < 1.29 is 18.0 Å². The normalized spacial score (nSPS) is 11.7. The molecule has 0 atom stereocenters. The average Bonchev–Trinajstić information content (AvgIpc) is 3.30. The van der Waals surface area contributed by atoms with E-state index in [2.05, 4.69) is 15.3 Å². The number of nitrogens with zero attached hydrogens (tertiary/aromatic N) is 2. The summed E-state index contributed by atoms with van der Waals surface area (Å²) in [5, 5.41) is 8.29. The molecule has 1 amide bonds. The highest BCUT2D eigenvalue weighted by atomic mass is 35.5. The van der Waals surface area contributed by atoms with Crippen molar-refractivity contribution in [2.45, 2.75) is 12.6 Å². The molecule has 3 heterocycles. The number of hydrogen-bond acceptors (Lipinski definition) is 5. The molecule has 0 saturated carbocycles. The molecule has 0 unspecified atom stereocenters. The number of alkyl halides is 3. The van der Waals surface area contributed by atoms with Crippen LogP contribution in [0.2, 0.25) is 5.02 Å². The molecule has 0 aliphatic rings. The van der Waals surface area contributed by atoms with Gasteiger partial charge in [0.05, 0.1) is 28.1 Å². The van der Waals surface area contributed by atoms with E-state index in [4.69, 9.17) is 11.6 Å². The van der Waals surface area contributed by atoms with Gasteiger partial charge in [0.2, 0.25) is 5.91 Å². The minimum Gasteiger partial charge on any atom is -0.317 e. The number of amides is 1. The van der Waals surface area contributed by atoms with Crippen molar-refractivity contribution in [1.82, 2.24) is 9.97 Å². The molecule has 1 aromatic carbocycles. The molecule has 4 nitrogen and oxygen atoms in total. The Morgan fingerprint density at radius 1 is 1.14 bits per heavy atom. The Labute approximate surface area is 176 Å². The first-order chi connectivity index (χ1) is 13.8. The summed E-state index contributed by atoms with van der Waals surface area (Å²) in [6, 6.07) is 5.35. The first kappa shape index (κ1) is 19.8. The molecular formula is C19H11ClF3N3OS2. The lowest BCUT2D eigenvalue weighted by atomic mass is 10.0. The summed E-state index contributed by atoms with van der Waals surface area (Å²) in [5.41, 5.74) is 0.0947. The fourth-order valence-corrected chi connectivity index (χ4v) is 4.97. The lowest BCUT2D eigenvalue weighted by molar-refractivity contribution is -0.136. The number of fused-ring (bicyclic) bond motifs is 1. The zero-order valence-corrected chi connectivity index (χ0v) is 16.8. The third kappa shape index (κ3) is 3.98. The van der Waals surface area contributed by atoms with Gasteiger partial charge in [-0.15, -0.1) is 22.7 Å². The summed E-state index contributed by atoms with van der Waals surface area (Å²) in [4.78, 5) is 20.7. The van der Waals surface area contributed by atoms with E-state index >= 15 is 0 Å². The van der Waals surface area contributed by atoms with Gasteiger partial charge in [0.1, 0.15) is 10.0 Å². The van der Waals surface area contributed by atoms with E-state index < -0.39 is 11.7 Å². The molecule has 1 N–H and O–H groups in total. The van der Waals surface area contributed by atoms with Crippen molar-refractivity contribution in [3.05, 3.63) is 63.6 Å². The quantitative estimate of drug-likeness (QED) is 0.396. The number of rotatable bonds is 4. The minimum atomic E-state index is -4.52. The van der Waals surface area contributed by atoms with Gasteiger partial charge in [-0.25, -0.2) is 4.98 Å². The number of thiazole rings is 1. The first-order valence-corrected chi connectivity index (χ1v) is 10.4. The van der Waals surface area contributed by atoms with Crippen molar-refractivity contribution in [2.75, 3.05) is 5.32 Å². The molecule has 29 heavy (non-hydrogen) atoms. The Kier molecular flexibility index (Phi) is 5.28. The Hall–Kier alpha value is -2.49. The summed E-state index contributed by atoms with van der Waals surface area (Å²) in [6.07, 6.45) is -1.69. The lowest BCUT2D eigenvalue weighted by Crippen LogP contribution is -2.15. The van der Waals surface area contributed by atoms with E-state index in [1.54, 1.807) is 23.0 Å². The summed E-state index contributed by atoms with van der Waals surface area (Å²) in [7, 11) is 0. The number of carbonyl (C=O) groups is 1. The second kappa shape index (κ2) is 7.74. The summed E-state index contributed by atoms with van der Waals surface area (Å²) >= 11 is 8.88. The molecule has 4 aromatic rings. The van der Waals surface area contributed by atoms with E-state index in [0.717, 1.165) is 6.07 Å². The topological polar surface area (TPSA) is 54.9 Å². The van der Waals surface area contributed by atoms with Crippen LogP contribution in [0.1, 0.15) is 11.1 Å². The van der Waals surface area contributed by atoms with Crippen LogP contribution in [0.3, 0.4) is 0 Å². The number of hydrogen-bond donors (Lipinski definition) is 1. The van der Waals surface area contributed by atoms with Crippen molar-refractivity contribution in [1.29, 1.82) is 0 Å². The molecule has 0 aliphatic heterocycles.